The van der Waals surface area contributed by atoms with Crippen molar-refractivity contribution < 1.29 is 9.59 Å². The van der Waals surface area contributed by atoms with E-state index in [1.807, 2.05) is 71.8 Å². The number of nitrogens with zero attached hydrogens (tertiary/aromatic N) is 3. The molecule has 1 aromatic heterocycles. The van der Waals surface area contributed by atoms with Crippen LogP contribution in [0.15, 0.2) is 66.9 Å². The lowest BCUT2D eigenvalue weighted by atomic mass is 10.0. The monoisotopic (exact) mass is 455 g/mol. The fourth-order valence-electron chi connectivity index (χ4n) is 4.58. The van der Waals surface area contributed by atoms with E-state index in [0.717, 1.165) is 42.1 Å². The second kappa shape index (κ2) is 10.1. The van der Waals surface area contributed by atoms with Crippen LogP contribution in [-0.2, 0) is 11.3 Å². The normalized spacial score (nSPS) is 15.6. The molecule has 2 aliphatic rings. The maximum atomic E-state index is 12.5. The Morgan fingerprint density at radius 1 is 1.00 bits per heavy atom. The van der Waals surface area contributed by atoms with E-state index in [1.165, 1.54) is 12.8 Å². The van der Waals surface area contributed by atoms with Gasteiger partial charge in [0.2, 0.25) is 5.91 Å². The smallest absolute Gasteiger partial charge is 0.251 e. The zero-order valence-corrected chi connectivity index (χ0v) is 19.2. The number of hydrogen-bond donors (Lipinski definition) is 2. The van der Waals surface area contributed by atoms with Gasteiger partial charge in [-0.05, 0) is 55.3 Å². The van der Waals surface area contributed by atoms with E-state index in [9.17, 15) is 9.59 Å². The zero-order chi connectivity index (χ0) is 23.3. The van der Waals surface area contributed by atoms with Crippen LogP contribution in [0.3, 0.4) is 0 Å². The van der Waals surface area contributed by atoms with Crippen LogP contribution in [0.2, 0.25) is 0 Å². The topological polar surface area (TPSA) is 77.6 Å². The van der Waals surface area contributed by atoms with Gasteiger partial charge in [0, 0.05) is 37.0 Å². The van der Waals surface area contributed by atoms with Gasteiger partial charge >= 0.3 is 0 Å². The molecule has 0 spiro atoms. The van der Waals surface area contributed by atoms with Crippen molar-refractivity contribution in [3.63, 3.8) is 0 Å². The van der Waals surface area contributed by atoms with Gasteiger partial charge in [-0.1, -0.05) is 42.5 Å². The zero-order valence-electron chi connectivity index (χ0n) is 19.2. The second-order valence-electron chi connectivity index (χ2n) is 8.87. The first kappa shape index (κ1) is 22.1. The highest BCUT2D eigenvalue weighted by atomic mass is 16.2. The van der Waals surface area contributed by atoms with Crippen LogP contribution in [-0.4, -0.2) is 54.4 Å². The maximum Gasteiger partial charge on any atom is 0.251 e. The van der Waals surface area contributed by atoms with E-state index in [1.54, 1.807) is 0 Å². The summed E-state index contributed by atoms with van der Waals surface area (Å²) in [5, 5.41) is 5.96. The quantitative estimate of drug-likeness (QED) is 0.570. The number of carbonyl (C=O) groups is 2. The fourth-order valence-corrected chi connectivity index (χ4v) is 4.58. The van der Waals surface area contributed by atoms with Crippen LogP contribution in [0, 0.1) is 0 Å². The van der Waals surface area contributed by atoms with Crippen molar-refractivity contribution in [1.82, 2.24) is 15.2 Å². The molecule has 2 aromatic carbocycles. The Kier molecular flexibility index (Phi) is 6.53. The largest absolute Gasteiger partial charge is 0.351 e. The van der Waals surface area contributed by atoms with Crippen LogP contribution in [0.1, 0.15) is 28.8 Å². The molecule has 2 aliphatic heterocycles. The summed E-state index contributed by atoms with van der Waals surface area (Å²) >= 11 is 0. The van der Waals surface area contributed by atoms with Crippen molar-refractivity contribution in [3.8, 4) is 11.1 Å². The number of nitrogens with one attached hydrogen (secondary N) is 2. The number of carbonyl (C=O) groups excluding carboxylic acids is 2. The summed E-state index contributed by atoms with van der Waals surface area (Å²) in [6.07, 6.45) is 4.32. The summed E-state index contributed by atoms with van der Waals surface area (Å²) < 4.78 is 0. The first-order valence-corrected chi connectivity index (χ1v) is 11.9. The molecule has 0 aliphatic carbocycles. The minimum atomic E-state index is -0.0573. The highest BCUT2D eigenvalue weighted by Crippen LogP contribution is 2.32. The molecule has 0 radical (unpaired) electrons. The third-order valence-corrected chi connectivity index (χ3v) is 6.38. The van der Waals surface area contributed by atoms with Gasteiger partial charge in [-0.25, -0.2) is 4.98 Å². The predicted octanol–water partition coefficient (Wildman–Crippen LogP) is 3.53. The summed E-state index contributed by atoms with van der Waals surface area (Å²) in [4.78, 5) is 33.9. The molecule has 5 rings (SSSR count). The van der Waals surface area contributed by atoms with Crippen molar-refractivity contribution >= 4 is 23.3 Å². The van der Waals surface area contributed by atoms with Crippen LogP contribution < -0.4 is 15.5 Å². The number of anilines is 2. The highest BCUT2D eigenvalue weighted by Gasteiger charge is 2.24. The number of amides is 2. The van der Waals surface area contributed by atoms with E-state index >= 15 is 0 Å². The number of likely N-dealkylation sites (tertiary alicyclic amines) is 1. The number of benzene rings is 2. The summed E-state index contributed by atoms with van der Waals surface area (Å²) in [5.74, 6) is 0.655. The molecule has 0 atom stereocenters. The lowest BCUT2D eigenvalue weighted by molar-refractivity contribution is -0.115. The summed E-state index contributed by atoms with van der Waals surface area (Å²) in [6, 6.07) is 19.5. The van der Waals surface area contributed by atoms with Gasteiger partial charge in [0.15, 0.2) is 5.82 Å². The van der Waals surface area contributed by atoms with Gasteiger partial charge in [-0.15, -0.1) is 0 Å². The van der Waals surface area contributed by atoms with E-state index in [0.29, 0.717) is 24.3 Å². The minimum absolute atomic E-state index is 0.0525. The van der Waals surface area contributed by atoms with Crippen molar-refractivity contribution in [2.75, 3.05) is 42.9 Å². The molecular weight excluding hydrogens is 426 g/mol. The van der Waals surface area contributed by atoms with Crippen LogP contribution in [0.4, 0.5) is 11.5 Å². The van der Waals surface area contributed by atoms with Crippen LogP contribution in [0.25, 0.3) is 11.1 Å². The molecule has 1 fully saturated rings. The van der Waals surface area contributed by atoms with Crippen molar-refractivity contribution in [1.29, 1.82) is 0 Å². The Hall–Kier alpha value is -3.71. The average Bonchev–Trinajstić information content (AvgIpc) is 3.38. The van der Waals surface area contributed by atoms with Gasteiger partial charge in [-0.3, -0.25) is 9.59 Å². The summed E-state index contributed by atoms with van der Waals surface area (Å²) in [7, 11) is 0. The molecule has 0 bridgehead atoms. The van der Waals surface area contributed by atoms with Gasteiger partial charge in [-0.2, -0.15) is 0 Å². The Morgan fingerprint density at radius 3 is 2.53 bits per heavy atom. The number of rotatable bonds is 7. The van der Waals surface area contributed by atoms with Gasteiger partial charge < -0.3 is 20.4 Å². The highest BCUT2D eigenvalue weighted by molar-refractivity contribution is 6.01. The Labute approximate surface area is 199 Å². The fraction of sp³-hybridized carbons (Fsp3) is 0.296. The van der Waals surface area contributed by atoms with Crippen LogP contribution >= 0.6 is 0 Å². The Morgan fingerprint density at radius 2 is 1.76 bits per heavy atom. The molecule has 7 nitrogen and oxygen atoms in total. The van der Waals surface area contributed by atoms with Crippen molar-refractivity contribution in [2.24, 2.45) is 0 Å². The Bertz CT molecular complexity index is 1160. The molecule has 174 valence electrons. The third-order valence-electron chi connectivity index (χ3n) is 6.38. The first-order chi connectivity index (χ1) is 16.7. The van der Waals surface area contributed by atoms with Gasteiger partial charge in [0.05, 0.1) is 12.2 Å². The molecule has 7 heteroatoms. The number of aromatic nitrogens is 1. The molecule has 0 unspecified atom stereocenters. The summed E-state index contributed by atoms with van der Waals surface area (Å²) in [6.45, 7) is 4.71. The van der Waals surface area contributed by atoms with E-state index in [4.69, 9.17) is 0 Å². The molecule has 3 aromatic rings. The van der Waals surface area contributed by atoms with E-state index < -0.39 is 0 Å². The first-order valence-electron chi connectivity index (χ1n) is 11.9. The van der Waals surface area contributed by atoms with Gasteiger partial charge in [0.1, 0.15) is 0 Å². The lowest BCUT2D eigenvalue weighted by Gasteiger charge is -2.30. The van der Waals surface area contributed by atoms with Crippen molar-refractivity contribution in [2.45, 2.75) is 19.4 Å². The molecule has 3 heterocycles. The number of hydrogen-bond acceptors (Lipinski definition) is 5. The SMILES string of the molecule is O=C1CN(Cc2ccccc2)c2ncc(-c3ccc(C(=O)NCCN4CCCC4)cc3)cc2N1. The third kappa shape index (κ3) is 5.10. The molecular formula is C27H29N5O2. The average molecular weight is 456 g/mol. The van der Waals surface area contributed by atoms with Gasteiger partial charge in [0.25, 0.3) is 5.91 Å². The molecule has 1 saturated heterocycles. The number of fused-ring (bicyclic) bond motifs is 1. The maximum absolute atomic E-state index is 12.5. The predicted molar refractivity (Wildman–Crippen MR) is 134 cm³/mol. The number of pyridine rings is 1. The molecule has 34 heavy (non-hydrogen) atoms. The van der Waals surface area contributed by atoms with E-state index in [2.05, 4.69) is 20.5 Å². The Balaban J connectivity index is 1.26. The summed E-state index contributed by atoms with van der Waals surface area (Å²) in [5.41, 5.74) is 4.30. The van der Waals surface area contributed by atoms with Crippen molar-refractivity contribution in [3.05, 3.63) is 78.0 Å². The standard InChI is InChI=1S/C27H29N5O2/c33-25-19-32(18-20-6-2-1-3-7-20)26-24(30-25)16-23(17-29-26)21-8-10-22(11-9-21)27(34)28-12-15-31-13-4-5-14-31/h1-3,6-11,16-17H,4-5,12-15,18-19H2,(H,28,34)(H,30,33). The minimum Gasteiger partial charge on any atom is -0.351 e. The lowest BCUT2D eigenvalue weighted by Crippen LogP contribution is -2.38. The van der Waals surface area contributed by atoms with E-state index in [-0.39, 0.29) is 18.4 Å². The molecule has 0 saturated carbocycles. The van der Waals surface area contributed by atoms with Crippen LogP contribution in [0.5, 0.6) is 0 Å². The molecule has 2 N–H and O–H groups in total. The molecule has 2 amide bonds. The second-order valence-corrected chi connectivity index (χ2v) is 8.87.